The second-order valence-electron chi connectivity index (χ2n) is 3.87. The van der Waals surface area contributed by atoms with Crippen molar-refractivity contribution in [1.29, 1.82) is 0 Å². The first-order valence-corrected chi connectivity index (χ1v) is 6.78. The molecule has 1 aromatic heterocycles. The van der Waals surface area contributed by atoms with Crippen LogP contribution in [0.4, 0.5) is 4.39 Å². The van der Waals surface area contributed by atoms with Crippen LogP contribution < -0.4 is 0 Å². The van der Waals surface area contributed by atoms with Crippen molar-refractivity contribution in [3.8, 4) is 0 Å². The Kier molecular flexibility index (Phi) is 3.76. The molecule has 17 heavy (non-hydrogen) atoms. The lowest BCUT2D eigenvalue weighted by atomic mass is 10.0. The first kappa shape index (κ1) is 12.9. The monoisotopic (exact) mass is 288 g/mol. The maximum Gasteiger partial charge on any atom is 0.142 e. The molecule has 4 heteroatoms. The van der Waals surface area contributed by atoms with Crippen molar-refractivity contribution in [1.82, 2.24) is 0 Å². The van der Waals surface area contributed by atoms with E-state index in [1.807, 2.05) is 19.9 Å². The van der Waals surface area contributed by atoms with Gasteiger partial charge in [-0.15, -0.1) is 22.9 Å². The molecule has 1 heterocycles. The molecule has 90 valence electrons. The van der Waals surface area contributed by atoms with E-state index in [9.17, 15) is 4.39 Å². The van der Waals surface area contributed by atoms with Crippen LogP contribution in [0.3, 0.4) is 0 Å². The normalized spacial score (nSPS) is 12.8. The van der Waals surface area contributed by atoms with Gasteiger partial charge in [0.1, 0.15) is 5.82 Å². The van der Waals surface area contributed by atoms with E-state index in [0.717, 1.165) is 10.4 Å². The molecule has 2 rings (SSSR count). The predicted octanol–water partition coefficient (Wildman–Crippen LogP) is 5.49. The summed E-state index contributed by atoms with van der Waals surface area (Å²) in [5, 5.41) is -0.293. The highest BCUT2D eigenvalue weighted by atomic mass is 35.5. The topological polar surface area (TPSA) is 0 Å². The zero-order valence-electron chi connectivity index (χ0n) is 9.43. The molecular weight excluding hydrogens is 278 g/mol. The fourth-order valence-corrected chi connectivity index (χ4v) is 3.51. The van der Waals surface area contributed by atoms with Gasteiger partial charge in [0.2, 0.25) is 0 Å². The number of benzene rings is 1. The molecule has 0 radical (unpaired) electrons. The van der Waals surface area contributed by atoms with Gasteiger partial charge in [-0.05, 0) is 37.1 Å². The largest absolute Gasteiger partial charge is 0.205 e. The minimum absolute atomic E-state index is 0.107. The minimum Gasteiger partial charge on any atom is -0.205 e. The summed E-state index contributed by atoms with van der Waals surface area (Å²) in [4.78, 5) is 2.33. The fourth-order valence-electron chi connectivity index (χ4n) is 1.79. The van der Waals surface area contributed by atoms with Crippen LogP contribution in [0.1, 0.15) is 26.3 Å². The molecular formula is C13H11Cl2FS. The van der Waals surface area contributed by atoms with Crippen LogP contribution in [0.15, 0.2) is 24.3 Å². The van der Waals surface area contributed by atoms with Crippen molar-refractivity contribution in [3.05, 3.63) is 56.0 Å². The fraction of sp³-hybridized carbons (Fsp3) is 0.231. The Hall–Kier alpha value is -0.570. The van der Waals surface area contributed by atoms with E-state index in [-0.39, 0.29) is 5.02 Å². The van der Waals surface area contributed by atoms with Crippen LogP contribution in [0.25, 0.3) is 0 Å². The molecule has 1 aromatic carbocycles. The third kappa shape index (κ3) is 2.49. The van der Waals surface area contributed by atoms with Crippen molar-refractivity contribution in [2.24, 2.45) is 0 Å². The number of rotatable bonds is 2. The second kappa shape index (κ2) is 4.97. The smallest absolute Gasteiger partial charge is 0.142 e. The maximum atomic E-state index is 13.4. The zero-order chi connectivity index (χ0) is 12.6. The molecule has 0 aliphatic rings. The molecule has 1 atom stereocenters. The third-order valence-corrected chi connectivity index (χ3v) is 4.46. The van der Waals surface area contributed by atoms with Crippen LogP contribution in [0.2, 0.25) is 5.02 Å². The maximum absolute atomic E-state index is 13.4. The Bertz CT molecular complexity index is 548. The number of aryl methyl sites for hydroxylation is 2. The summed E-state index contributed by atoms with van der Waals surface area (Å²) in [5.74, 6) is -0.431. The van der Waals surface area contributed by atoms with Gasteiger partial charge in [0.05, 0.1) is 10.4 Å². The average Bonchev–Trinajstić information content (AvgIpc) is 2.61. The Morgan fingerprint density at radius 3 is 2.53 bits per heavy atom. The molecule has 0 saturated heterocycles. The predicted molar refractivity (Wildman–Crippen MR) is 72.9 cm³/mol. The molecule has 0 saturated carbocycles. The number of halogens is 3. The van der Waals surface area contributed by atoms with Crippen LogP contribution in [0, 0.1) is 19.7 Å². The summed E-state index contributed by atoms with van der Waals surface area (Å²) < 4.78 is 13.4. The van der Waals surface area contributed by atoms with E-state index in [1.165, 1.54) is 10.9 Å². The third-order valence-electron chi connectivity index (χ3n) is 2.61. The van der Waals surface area contributed by atoms with Gasteiger partial charge in [-0.25, -0.2) is 4.39 Å². The number of alkyl halides is 1. The Labute approximate surface area is 114 Å². The highest BCUT2D eigenvalue weighted by Crippen LogP contribution is 2.38. The van der Waals surface area contributed by atoms with Gasteiger partial charge in [-0.1, -0.05) is 23.7 Å². The van der Waals surface area contributed by atoms with Crippen LogP contribution >= 0.6 is 34.5 Å². The van der Waals surface area contributed by atoms with Crippen molar-refractivity contribution in [3.63, 3.8) is 0 Å². The van der Waals surface area contributed by atoms with Crippen LogP contribution in [-0.4, -0.2) is 0 Å². The molecule has 0 aliphatic heterocycles. The summed E-state index contributed by atoms with van der Waals surface area (Å²) in [6.45, 7) is 4.04. The lowest BCUT2D eigenvalue weighted by molar-refractivity contribution is 0.626. The van der Waals surface area contributed by atoms with Gasteiger partial charge in [0.15, 0.2) is 0 Å². The summed E-state index contributed by atoms with van der Waals surface area (Å²) in [6, 6.07) is 6.75. The lowest BCUT2D eigenvalue weighted by Crippen LogP contribution is -1.96. The summed E-state index contributed by atoms with van der Waals surface area (Å²) >= 11 is 14.0. The van der Waals surface area contributed by atoms with Gasteiger partial charge in [-0.3, -0.25) is 0 Å². The standard InChI is InChI=1S/C13H11Cl2FS/c1-7-6-10(8(2)17-7)12(14)9-4-3-5-11(16)13(9)15/h3-6,12H,1-2H3. The molecule has 0 bridgehead atoms. The molecule has 0 fully saturated rings. The van der Waals surface area contributed by atoms with Gasteiger partial charge < -0.3 is 0 Å². The van der Waals surface area contributed by atoms with Gasteiger partial charge in [0, 0.05) is 9.75 Å². The van der Waals surface area contributed by atoms with E-state index in [0.29, 0.717) is 5.56 Å². The average molecular weight is 289 g/mol. The first-order valence-electron chi connectivity index (χ1n) is 5.15. The van der Waals surface area contributed by atoms with Crippen molar-refractivity contribution in [2.45, 2.75) is 19.2 Å². The zero-order valence-corrected chi connectivity index (χ0v) is 11.8. The Morgan fingerprint density at radius 1 is 1.24 bits per heavy atom. The SMILES string of the molecule is Cc1cc(C(Cl)c2cccc(F)c2Cl)c(C)s1. The minimum atomic E-state index is -0.431. The highest BCUT2D eigenvalue weighted by molar-refractivity contribution is 7.12. The highest BCUT2D eigenvalue weighted by Gasteiger charge is 2.19. The van der Waals surface area contributed by atoms with E-state index < -0.39 is 11.2 Å². The van der Waals surface area contributed by atoms with Crippen molar-refractivity contribution < 1.29 is 4.39 Å². The van der Waals surface area contributed by atoms with Crippen molar-refractivity contribution in [2.75, 3.05) is 0 Å². The summed E-state index contributed by atoms with van der Waals surface area (Å²) in [5.41, 5.74) is 1.62. The molecule has 0 nitrogen and oxygen atoms in total. The van der Waals surface area contributed by atoms with Gasteiger partial charge in [-0.2, -0.15) is 0 Å². The summed E-state index contributed by atoms with van der Waals surface area (Å²) in [6.07, 6.45) is 0. The van der Waals surface area contributed by atoms with Crippen LogP contribution in [0.5, 0.6) is 0 Å². The number of thiophene rings is 1. The molecule has 0 amide bonds. The molecule has 0 N–H and O–H groups in total. The van der Waals surface area contributed by atoms with Crippen LogP contribution in [-0.2, 0) is 0 Å². The summed E-state index contributed by atoms with van der Waals surface area (Å²) in [7, 11) is 0. The van der Waals surface area contributed by atoms with Crippen molar-refractivity contribution >= 4 is 34.5 Å². The quantitative estimate of drug-likeness (QED) is 0.642. The molecule has 0 aliphatic carbocycles. The van der Waals surface area contributed by atoms with E-state index >= 15 is 0 Å². The van der Waals surface area contributed by atoms with E-state index in [1.54, 1.807) is 23.5 Å². The number of hydrogen-bond acceptors (Lipinski definition) is 1. The van der Waals surface area contributed by atoms with E-state index in [2.05, 4.69) is 0 Å². The Balaban J connectivity index is 2.47. The first-order chi connectivity index (χ1) is 8.00. The van der Waals surface area contributed by atoms with Gasteiger partial charge in [0.25, 0.3) is 0 Å². The molecule has 1 unspecified atom stereocenters. The van der Waals surface area contributed by atoms with E-state index in [4.69, 9.17) is 23.2 Å². The second-order valence-corrected chi connectivity index (χ2v) is 6.15. The molecule has 0 spiro atoms. The Morgan fingerprint density at radius 2 is 1.94 bits per heavy atom. The number of hydrogen-bond donors (Lipinski definition) is 0. The lowest BCUT2D eigenvalue weighted by Gasteiger charge is -2.12. The molecule has 2 aromatic rings. The van der Waals surface area contributed by atoms with Gasteiger partial charge >= 0.3 is 0 Å².